The van der Waals surface area contributed by atoms with Crippen LogP contribution in [0.5, 0.6) is 0 Å². The van der Waals surface area contributed by atoms with Crippen molar-refractivity contribution in [2.24, 2.45) is 5.92 Å². The maximum absolute atomic E-state index is 5.94. The average molecular weight is 311 g/mol. The predicted molar refractivity (Wildman–Crippen MR) is 90.1 cm³/mol. The summed E-state index contributed by atoms with van der Waals surface area (Å²) in [6, 6.07) is 10.0. The number of hydrogen-bond acceptors (Lipinski definition) is 4. The van der Waals surface area contributed by atoms with E-state index < -0.39 is 0 Å². The van der Waals surface area contributed by atoms with E-state index in [0.29, 0.717) is 11.8 Å². The number of benzene rings is 1. The minimum atomic E-state index is 0.406. The second kappa shape index (κ2) is 6.83. The second-order valence-corrected chi connectivity index (χ2v) is 7.06. The number of rotatable bonds is 4. The molecule has 0 spiro atoms. The zero-order valence-electron chi connectivity index (χ0n) is 13.7. The molecule has 4 nitrogen and oxygen atoms in total. The summed E-state index contributed by atoms with van der Waals surface area (Å²) in [7, 11) is 0. The first-order valence-electron chi connectivity index (χ1n) is 8.99. The molecule has 1 unspecified atom stereocenters. The summed E-state index contributed by atoms with van der Waals surface area (Å²) in [5.41, 5.74) is 1.00. The smallest absolute Gasteiger partial charge is 0.247 e. The number of hydrogen-bond donors (Lipinski definition) is 0. The largest absolute Gasteiger partial charge is 0.420 e. The van der Waals surface area contributed by atoms with E-state index in [1.807, 2.05) is 30.3 Å². The van der Waals surface area contributed by atoms with Gasteiger partial charge in [0.1, 0.15) is 0 Å². The Kier molecular flexibility index (Phi) is 4.42. The van der Waals surface area contributed by atoms with Gasteiger partial charge >= 0.3 is 0 Å². The average Bonchev–Trinajstić information content (AvgIpc) is 3.26. The van der Waals surface area contributed by atoms with E-state index in [2.05, 4.69) is 15.1 Å². The van der Waals surface area contributed by atoms with E-state index in [4.69, 9.17) is 4.42 Å². The molecule has 1 atom stereocenters. The lowest BCUT2D eigenvalue weighted by Crippen LogP contribution is -2.28. The van der Waals surface area contributed by atoms with Gasteiger partial charge in [-0.3, -0.25) is 0 Å². The summed E-state index contributed by atoms with van der Waals surface area (Å²) in [6.07, 6.45) is 8.25. The summed E-state index contributed by atoms with van der Waals surface area (Å²) in [5.74, 6) is 2.77. The van der Waals surface area contributed by atoms with Gasteiger partial charge in [-0.2, -0.15) is 0 Å². The number of nitrogens with zero attached hydrogens (tertiary/aromatic N) is 3. The molecule has 2 aliphatic rings. The molecule has 0 N–H and O–H groups in total. The van der Waals surface area contributed by atoms with Crippen LogP contribution in [0.25, 0.3) is 11.5 Å². The number of likely N-dealkylation sites (tertiary alicyclic amines) is 1. The van der Waals surface area contributed by atoms with Crippen LogP contribution in [0.2, 0.25) is 0 Å². The molecular formula is C19H25N3O. The van der Waals surface area contributed by atoms with Gasteiger partial charge in [0, 0.05) is 18.7 Å². The fourth-order valence-electron chi connectivity index (χ4n) is 4.03. The zero-order chi connectivity index (χ0) is 15.5. The molecule has 1 saturated carbocycles. The minimum Gasteiger partial charge on any atom is -0.420 e. The summed E-state index contributed by atoms with van der Waals surface area (Å²) >= 11 is 0. The Labute approximate surface area is 137 Å². The van der Waals surface area contributed by atoms with Crippen molar-refractivity contribution in [1.82, 2.24) is 15.1 Å². The second-order valence-electron chi connectivity index (χ2n) is 7.06. The van der Waals surface area contributed by atoms with Crippen molar-refractivity contribution < 1.29 is 4.42 Å². The molecule has 2 aromatic rings. The molecule has 2 heterocycles. The van der Waals surface area contributed by atoms with Gasteiger partial charge in [-0.15, -0.1) is 10.2 Å². The van der Waals surface area contributed by atoms with Crippen LogP contribution in [-0.4, -0.2) is 34.7 Å². The third kappa shape index (κ3) is 3.47. The normalized spacial score (nSPS) is 23.4. The van der Waals surface area contributed by atoms with E-state index >= 15 is 0 Å². The lowest BCUT2D eigenvalue weighted by atomic mass is 9.89. The summed E-state index contributed by atoms with van der Waals surface area (Å²) in [5, 5.41) is 8.55. The molecule has 1 aliphatic carbocycles. The summed E-state index contributed by atoms with van der Waals surface area (Å²) in [4.78, 5) is 2.60. The quantitative estimate of drug-likeness (QED) is 0.852. The van der Waals surface area contributed by atoms with Crippen molar-refractivity contribution in [1.29, 1.82) is 0 Å². The monoisotopic (exact) mass is 311 g/mol. The van der Waals surface area contributed by atoms with Crippen molar-refractivity contribution in [2.75, 3.05) is 19.6 Å². The molecule has 122 valence electrons. The third-order valence-corrected chi connectivity index (χ3v) is 5.32. The van der Waals surface area contributed by atoms with Crippen LogP contribution in [0.1, 0.15) is 50.3 Å². The van der Waals surface area contributed by atoms with Crippen LogP contribution in [0.15, 0.2) is 34.7 Å². The Morgan fingerprint density at radius 3 is 2.65 bits per heavy atom. The van der Waals surface area contributed by atoms with E-state index in [0.717, 1.165) is 30.3 Å². The molecule has 4 rings (SSSR count). The van der Waals surface area contributed by atoms with Crippen molar-refractivity contribution in [3.63, 3.8) is 0 Å². The maximum atomic E-state index is 5.94. The highest BCUT2D eigenvalue weighted by Gasteiger charge is 2.29. The molecule has 2 fully saturated rings. The Morgan fingerprint density at radius 2 is 1.83 bits per heavy atom. The first kappa shape index (κ1) is 14.9. The highest BCUT2D eigenvalue weighted by atomic mass is 16.4. The Balaban J connectivity index is 1.37. The molecule has 1 aliphatic heterocycles. The SMILES string of the molecule is c1ccc(-c2nnc(C3CCN(CC4CCCCC4)C3)o2)cc1. The molecule has 0 amide bonds. The Morgan fingerprint density at radius 1 is 1.00 bits per heavy atom. The van der Waals surface area contributed by atoms with E-state index in [-0.39, 0.29) is 0 Å². The highest BCUT2D eigenvalue weighted by Crippen LogP contribution is 2.31. The van der Waals surface area contributed by atoms with Gasteiger partial charge in [-0.1, -0.05) is 37.5 Å². The highest BCUT2D eigenvalue weighted by molar-refractivity contribution is 5.51. The molecule has 0 bridgehead atoms. The Hall–Kier alpha value is -1.68. The van der Waals surface area contributed by atoms with Crippen molar-refractivity contribution in [2.45, 2.75) is 44.4 Å². The third-order valence-electron chi connectivity index (χ3n) is 5.32. The first-order chi connectivity index (χ1) is 11.4. The van der Waals surface area contributed by atoms with Crippen LogP contribution in [0, 0.1) is 5.92 Å². The van der Waals surface area contributed by atoms with Crippen molar-refractivity contribution in [3.05, 3.63) is 36.2 Å². The molecule has 0 radical (unpaired) electrons. The molecule has 4 heteroatoms. The number of aromatic nitrogens is 2. The lowest BCUT2D eigenvalue weighted by molar-refractivity contribution is 0.230. The van der Waals surface area contributed by atoms with E-state index in [9.17, 15) is 0 Å². The maximum Gasteiger partial charge on any atom is 0.247 e. The topological polar surface area (TPSA) is 42.2 Å². The lowest BCUT2D eigenvalue weighted by Gasteiger charge is -2.26. The molecule has 23 heavy (non-hydrogen) atoms. The minimum absolute atomic E-state index is 0.406. The van der Waals surface area contributed by atoms with Crippen molar-refractivity contribution in [3.8, 4) is 11.5 Å². The fourth-order valence-corrected chi connectivity index (χ4v) is 4.03. The molecular weight excluding hydrogens is 286 g/mol. The van der Waals surface area contributed by atoms with Crippen LogP contribution >= 0.6 is 0 Å². The van der Waals surface area contributed by atoms with Gasteiger partial charge < -0.3 is 9.32 Å². The van der Waals surface area contributed by atoms with E-state index in [1.54, 1.807) is 0 Å². The van der Waals surface area contributed by atoms with Gasteiger partial charge in [0.05, 0.1) is 5.92 Å². The first-order valence-corrected chi connectivity index (χ1v) is 8.99. The van der Waals surface area contributed by atoms with Gasteiger partial charge in [0.15, 0.2) is 0 Å². The molecule has 1 aromatic carbocycles. The van der Waals surface area contributed by atoms with Gasteiger partial charge in [-0.05, 0) is 43.9 Å². The van der Waals surface area contributed by atoms with Crippen molar-refractivity contribution >= 4 is 0 Å². The molecule has 1 aromatic heterocycles. The predicted octanol–water partition coefficient (Wildman–Crippen LogP) is 4.11. The summed E-state index contributed by atoms with van der Waals surface area (Å²) in [6.45, 7) is 3.51. The van der Waals surface area contributed by atoms with Crippen LogP contribution < -0.4 is 0 Å². The summed E-state index contributed by atoms with van der Waals surface area (Å²) < 4.78 is 5.94. The molecule has 1 saturated heterocycles. The standard InChI is InChI=1S/C19H25N3O/c1-3-7-15(8-4-1)13-22-12-11-17(14-22)19-21-20-18(23-19)16-9-5-2-6-10-16/h2,5-6,9-10,15,17H,1,3-4,7-8,11-14H2. The van der Waals surface area contributed by atoms with Crippen LogP contribution in [-0.2, 0) is 0 Å². The van der Waals surface area contributed by atoms with Gasteiger partial charge in [0.2, 0.25) is 11.8 Å². The van der Waals surface area contributed by atoms with Gasteiger partial charge in [0.25, 0.3) is 0 Å². The fraction of sp³-hybridized carbons (Fsp3) is 0.579. The van der Waals surface area contributed by atoms with Crippen LogP contribution in [0.3, 0.4) is 0 Å². The zero-order valence-corrected chi connectivity index (χ0v) is 13.7. The van der Waals surface area contributed by atoms with Crippen LogP contribution in [0.4, 0.5) is 0 Å². The van der Waals surface area contributed by atoms with E-state index in [1.165, 1.54) is 45.2 Å². The van der Waals surface area contributed by atoms with Gasteiger partial charge in [-0.25, -0.2) is 0 Å². The Bertz CT molecular complexity index is 619.